The van der Waals surface area contributed by atoms with Crippen LogP contribution in [0.25, 0.3) is 0 Å². The number of rotatable bonds is 4. The SMILES string of the molecule is CCOC(=O)C1(Nc2cccc(Cl)c2)CCCC(C)CC1. The van der Waals surface area contributed by atoms with E-state index in [9.17, 15) is 4.79 Å². The molecule has 0 heterocycles. The number of carbonyl (C=O) groups is 1. The Morgan fingerprint density at radius 2 is 2.24 bits per heavy atom. The van der Waals surface area contributed by atoms with Crippen molar-refractivity contribution in [2.45, 2.75) is 51.5 Å². The van der Waals surface area contributed by atoms with Crippen molar-refractivity contribution in [1.82, 2.24) is 0 Å². The van der Waals surface area contributed by atoms with Gasteiger partial charge >= 0.3 is 5.97 Å². The van der Waals surface area contributed by atoms with Crippen molar-refractivity contribution in [1.29, 1.82) is 0 Å². The second-order valence-corrected chi connectivity index (χ2v) is 6.41. The molecule has 1 saturated carbocycles. The summed E-state index contributed by atoms with van der Waals surface area (Å²) in [5, 5.41) is 4.09. The first-order chi connectivity index (χ1) is 10.1. The van der Waals surface area contributed by atoms with Crippen molar-refractivity contribution < 1.29 is 9.53 Å². The largest absolute Gasteiger partial charge is 0.464 e. The van der Waals surface area contributed by atoms with Crippen LogP contribution in [0.15, 0.2) is 24.3 Å². The van der Waals surface area contributed by atoms with Crippen LogP contribution in [-0.2, 0) is 9.53 Å². The quantitative estimate of drug-likeness (QED) is 0.649. The van der Waals surface area contributed by atoms with E-state index in [4.69, 9.17) is 16.3 Å². The zero-order valence-corrected chi connectivity index (χ0v) is 13.6. The summed E-state index contributed by atoms with van der Waals surface area (Å²) in [5.41, 5.74) is 0.260. The number of hydrogen-bond acceptors (Lipinski definition) is 3. The first kappa shape index (κ1) is 16.2. The fraction of sp³-hybridized carbons (Fsp3) is 0.588. The van der Waals surface area contributed by atoms with E-state index < -0.39 is 5.54 Å². The smallest absolute Gasteiger partial charge is 0.331 e. The minimum Gasteiger partial charge on any atom is -0.464 e. The van der Waals surface area contributed by atoms with E-state index in [1.165, 1.54) is 6.42 Å². The predicted molar refractivity (Wildman–Crippen MR) is 86.7 cm³/mol. The number of hydrogen-bond donors (Lipinski definition) is 1. The number of nitrogens with one attached hydrogen (secondary N) is 1. The van der Waals surface area contributed by atoms with E-state index in [1.54, 1.807) is 0 Å². The maximum Gasteiger partial charge on any atom is 0.331 e. The molecule has 0 bridgehead atoms. The molecule has 1 aliphatic carbocycles. The van der Waals surface area contributed by atoms with Gasteiger partial charge in [0.1, 0.15) is 5.54 Å². The predicted octanol–water partition coefficient (Wildman–Crippen LogP) is 4.65. The van der Waals surface area contributed by atoms with E-state index in [0.29, 0.717) is 17.5 Å². The first-order valence-electron chi connectivity index (χ1n) is 7.77. The Labute approximate surface area is 132 Å². The van der Waals surface area contributed by atoms with Gasteiger partial charge in [0.05, 0.1) is 6.61 Å². The molecule has 1 aromatic rings. The van der Waals surface area contributed by atoms with Crippen molar-refractivity contribution in [3.8, 4) is 0 Å². The number of benzene rings is 1. The average Bonchev–Trinajstić information content (AvgIpc) is 2.62. The molecule has 1 N–H and O–H groups in total. The number of anilines is 1. The Morgan fingerprint density at radius 1 is 1.43 bits per heavy atom. The van der Waals surface area contributed by atoms with Gasteiger partial charge in [0, 0.05) is 10.7 Å². The van der Waals surface area contributed by atoms with Crippen LogP contribution in [0.4, 0.5) is 5.69 Å². The van der Waals surface area contributed by atoms with Crippen LogP contribution >= 0.6 is 11.6 Å². The average molecular weight is 310 g/mol. The van der Waals surface area contributed by atoms with Crippen molar-refractivity contribution in [3.63, 3.8) is 0 Å². The standard InChI is InChI=1S/C17H24ClNO2/c1-3-21-16(20)17(10-5-6-13(2)9-11-17)19-15-8-4-7-14(18)12-15/h4,7-8,12-13,19H,3,5-6,9-11H2,1-2H3. The van der Waals surface area contributed by atoms with Crippen LogP contribution in [0.1, 0.15) is 46.0 Å². The normalized spacial score (nSPS) is 26.0. The molecule has 2 unspecified atom stereocenters. The molecule has 2 atom stereocenters. The van der Waals surface area contributed by atoms with E-state index in [2.05, 4.69) is 12.2 Å². The molecule has 2 rings (SSSR count). The van der Waals surface area contributed by atoms with Gasteiger partial charge < -0.3 is 10.1 Å². The highest BCUT2D eigenvalue weighted by Gasteiger charge is 2.41. The second-order valence-electron chi connectivity index (χ2n) is 5.97. The number of esters is 1. The highest BCUT2D eigenvalue weighted by atomic mass is 35.5. The fourth-order valence-electron chi connectivity index (χ4n) is 3.01. The van der Waals surface area contributed by atoms with Crippen LogP contribution in [0, 0.1) is 5.92 Å². The zero-order valence-electron chi connectivity index (χ0n) is 12.8. The van der Waals surface area contributed by atoms with E-state index >= 15 is 0 Å². The molecule has 0 aromatic heterocycles. The minimum atomic E-state index is -0.620. The van der Waals surface area contributed by atoms with Crippen molar-refractivity contribution in [2.24, 2.45) is 5.92 Å². The highest BCUT2D eigenvalue weighted by Crippen LogP contribution is 2.34. The lowest BCUT2D eigenvalue weighted by atomic mass is 9.89. The topological polar surface area (TPSA) is 38.3 Å². The van der Waals surface area contributed by atoms with Gasteiger partial charge in [-0.2, -0.15) is 0 Å². The van der Waals surface area contributed by atoms with Gasteiger partial charge in [0.2, 0.25) is 0 Å². The second kappa shape index (κ2) is 7.17. The third-order valence-corrected chi connectivity index (χ3v) is 4.47. The molecule has 1 aliphatic rings. The molecule has 0 aliphatic heterocycles. The molecule has 0 spiro atoms. The summed E-state index contributed by atoms with van der Waals surface area (Å²) in [7, 11) is 0. The van der Waals surface area contributed by atoms with Crippen LogP contribution in [0.5, 0.6) is 0 Å². The summed E-state index contributed by atoms with van der Waals surface area (Å²) in [6, 6.07) is 7.53. The van der Waals surface area contributed by atoms with Crippen LogP contribution in [0.2, 0.25) is 5.02 Å². The maximum absolute atomic E-state index is 12.6. The van der Waals surface area contributed by atoms with E-state index in [-0.39, 0.29) is 5.97 Å². The van der Waals surface area contributed by atoms with Crippen LogP contribution in [0.3, 0.4) is 0 Å². The lowest BCUT2D eigenvalue weighted by molar-refractivity contribution is -0.149. The fourth-order valence-corrected chi connectivity index (χ4v) is 3.20. The van der Waals surface area contributed by atoms with Gasteiger partial charge in [-0.05, 0) is 50.3 Å². The Hall–Kier alpha value is -1.22. The van der Waals surface area contributed by atoms with Gasteiger partial charge in [-0.25, -0.2) is 4.79 Å². The summed E-state index contributed by atoms with van der Waals surface area (Å²) in [6.07, 6.45) is 4.85. The molecule has 0 radical (unpaired) electrons. The monoisotopic (exact) mass is 309 g/mol. The first-order valence-corrected chi connectivity index (χ1v) is 8.14. The maximum atomic E-state index is 12.6. The summed E-state index contributed by atoms with van der Waals surface area (Å²) in [4.78, 5) is 12.6. The third-order valence-electron chi connectivity index (χ3n) is 4.24. The molecule has 21 heavy (non-hydrogen) atoms. The number of halogens is 1. The molecule has 116 valence electrons. The van der Waals surface area contributed by atoms with Crippen LogP contribution < -0.4 is 5.32 Å². The molecular weight excluding hydrogens is 286 g/mol. The van der Waals surface area contributed by atoms with Gasteiger partial charge in [-0.1, -0.05) is 37.4 Å². The summed E-state index contributed by atoms with van der Waals surface area (Å²) in [6.45, 7) is 4.51. The molecule has 1 aromatic carbocycles. The Balaban J connectivity index is 2.24. The van der Waals surface area contributed by atoms with E-state index in [0.717, 1.165) is 31.4 Å². The molecule has 4 heteroatoms. The van der Waals surface area contributed by atoms with E-state index in [1.807, 2.05) is 31.2 Å². The summed E-state index contributed by atoms with van der Waals surface area (Å²) in [5.74, 6) is 0.515. The van der Waals surface area contributed by atoms with Crippen LogP contribution in [-0.4, -0.2) is 18.1 Å². The summed E-state index contributed by atoms with van der Waals surface area (Å²) >= 11 is 6.05. The number of carbonyl (C=O) groups excluding carboxylic acids is 1. The Morgan fingerprint density at radius 3 is 2.95 bits per heavy atom. The van der Waals surface area contributed by atoms with Crippen molar-refractivity contribution >= 4 is 23.3 Å². The Kier molecular flexibility index (Phi) is 5.51. The van der Waals surface area contributed by atoms with Gasteiger partial charge in [-0.3, -0.25) is 0 Å². The Bertz CT molecular complexity index is 491. The van der Waals surface area contributed by atoms with Gasteiger partial charge in [0.15, 0.2) is 0 Å². The van der Waals surface area contributed by atoms with Crippen molar-refractivity contribution in [2.75, 3.05) is 11.9 Å². The molecular formula is C17H24ClNO2. The van der Waals surface area contributed by atoms with Crippen molar-refractivity contribution in [3.05, 3.63) is 29.3 Å². The zero-order chi connectivity index (χ0) is 15.3. The highest BCUT2D eigenvalue weighted by molar-refractivity contribution is 6.30. The lowest BCUT2D eigenvalue weighted by Gasteiger charge is -2.32. The molecule has 0 amide bonds. The number of ether oxygens (including phenoxy) is 1. The molecule has 3 nitrogen and oxygen atoms in total. The lowest BCUT2D eigenvalue weighted by Crippen LogP contribution is -2.47. The van der Waals surface area contributed by atoms with Gasteiger partial charge in [-0.15, -0.1) is 0 Å². The molecule has 0 saturated heterocycles. The molecule has 1 fully saturated rings. The van der Waals surface area contributed by atoms with Gasteiger partial charge in [0.25, 0.3) is 0 Å². The third kappa shape index (κ3) is 4.13. The summed E-state index contributed by atoms with van der Waals surface area (Å²) < 4.78 is 5.34. The minimum absolute atomic E-state index is 0.140.